The van der Waals surface area contributed by atoms with Gasteiger partial charge in [0.05, 0.1) is 23.9 Å². The van der Waals surface area contributed by atoms with Gasteiger partial charge in [-0.25, -0.2) is 0 Å². The highest BCUT2D eigenvalue weighted by Crippen LogP contribution is 2.54. The van der Waals surface area contributed by atoms with Crippen LogP contribution in [0.2, 0.25) is 0 Å². The Morgan fingerprint density at radius 2 is 2.00 bits per heavy atom. The Morgan fingerprint density at radius 3 is 2.71 bits per heavy atom. The molecule has 0 aromatic heterocycles. The maximum atomic E-state index is 10.0. The molecule has 0 aromatic carbocycles. The van der Waals surface area contributed by atoms with Gasteiger partial charge < -0.3 is 20.1 Å². The van der Waals surface area contributed by atoms with Gasteiger partial charge in [-0.2, -0.15) is 0 Å². The van der Waals surface area contributed by atoms with E-state index in [1.165, 1.54) is 12.0 Å². The second-order valence-corrected chi connectivity index (χ2v) is 10.2. The van der Waals surface area contributed by atoms with Crippen LogP contribution in [0.25, 0.3) is 0 Å². The zero-order valence-electron chi connectivity index (χ0n) is 17.8. The van der Waals surface area contributed by atoms with Gasteiger partial charge in [0.2, 0.25) is 0 Å². The van der Waals surface area contributed by atoms with Gasteiger partial charge in [-0.3, -0.25) is 0 Å². The van der Waals surface area contributed by atoms with E-state index in [0.29, 0.717) is 37.9 Å². The number of aliphatic hydroxyl groups is 3. The average Bonchev–Trinajstić information content (AvgIpc) is 2.90. The lowest BCUT2D eigenvalue weighted by Crippen LogP contribution is -2.27. The Kier molecular flexibility index (Phi) is 6.55. The summed E-state index contributed by atoms with van der Waals surface area (Å²) in [6.45, 7) is 10.7. The molecule has 1 unspecified atom stereocenters. The zero-order chi connectivity index (χ0) is 20.5. The summed E-state index contributed by atoms with van der Waals surface area (Å²) in [6, 6.07) is 0. The fourth-order valence-electron chi connectivity index (χ4n) is 5.24. The van der Waals surface area contributed by atoms with Gasteiger partial charge in [0.1, 0.15) is 0 Å². The van der Waals surface area contributed by atoms with Crippen LogP contribution < -0.4 is 0 Å². The maximum Gasteiger partial charge on any atom is 0.0811 e. The summed E-state index contributed by atoms with van der Waals surface area (Å²) in [4.78, 5) is 0. The van der Waals surface area contributed by atoms with Crippen molar-refractivity contribution in [1.82, 2.24) is 0 Å². The number of allylic oxidation sites excluding steroid dienone is 3. The van der Waals surface area contributed by atoms with Crippen LogP contribution in [0.15, 0.2) is 35.5 Å². The Hall–Kier alpha value is -0.940. The number of hydrogen-bond donors (Lipinski definition) is 3. The second kappa shape index (κ2) is 8.43. The van der Waals surface area contributed by atoms with E-state index in [0.717, 1.165) is 36.8 Å². The van der Waals surface area contributed by atoms with Gasteiger partial charge in [-0.15, -0.1) is 0 Å². The maximum absolute atomic E-state index is 10.0. The smallest absolute Gasteiger partial charge is 0.0811 e. The van der Waals surface area contributed by atoms with Crippen LogP contribution >= 0.6 is 0 Å². The molecular weight excluding hydrogens is 352 g/mol. The third kappa shape index (κ3) is 5.35. The van der Waals surface area contributed by atoms with Crippen molar-refractivity contribution >= 4 is 0 Å². The third-order valence-electron chi connectivity index (χ3n) is 7.03. The Morgan fingerprint density at radius 1 is 1.25 bits per heavy atom. The number of fused-ring (bicyclic) bond motifs is 1. The molecule has 3 N–H and O–H groups in total. The summed E-state index contributed by atoms with van der Waals surface area (Å²) in [7, 11) is 0. The largest absolute Gasteiger partial charge is 0.393 e. The van der Waals surface area contributed by atoms with Crippen LogP contribution in [0.1, 0.15) is 72.1 Å². The van der Waals surface area contributed by atoms with Crippen molar-refractivity contribution in [2.24, 2.45) is 11.3 Å². The minimum Gasteiger partial charge on any atom is -0.393 e. The number of hydrogen-bond acceptors (Lipinski definition) is 4. The van der Waals surface area contributed by atoms with Crippen molar-refractivity contribution in [1.29, 1.82) is 0 Å². The molecule has 0 radical (unpaired) electrons. The number of aliphatic hydroxyl groups excluding tert-OH is 2. The lowest BCUT2D eigenvalue weighted by atomic mass is 9.68. The molecule has 3 rings (SSSR count). The van der Waals surface area contributed by atoms with Crippen LogP contribution in [-0.2, 0) is 4.74 Å². The van der Waals surface area contributed by atoms with Gasteiger partial charge in [-0.05, 0) is 81.3 Å². The van der Waals surface area contributed by atoms with Crippen LogP contribution in [0, 0.1) is 11.3 Å². The highest BCUT2D eigenvalue weighted by atomic mass is 16.5. The number of ether oxygens (including phenoxy) is 1. The van der Waals surface area contributed by atoms with Gasteiger partial charge in [0, 0.05) is 13.0 Å². The van der Waals surface area contributed by atoms with E-state index in [-0.39, 0.29) is 5.41 Å². The summed E-state index contributed by atoms with van der Waals surface area (Å²) in [5.41, 5.74) is 2.80. The molecule has 4 heteroatoms. The van der Waals surface area contributed by atoms with Crippen LogP contribution in [-0.4, -0.2) is 45.8 Å². The van der Waals surface area contributed by atoms with E-state index < -0.39 is 17.8 Å². The lowest BCUT2D eigenvalue weighted by molar-refractivity contribution is -0.00251. The van der Waals surface area contributed by atoms with Crippen molar-refractivity contribution in [2.75, 3.05) is 6.61 Å². The first-order chi connectivity index (χ1) is 13.1. The van der Waals surface area contributed by atoms with Crippen molar-refractivity contribution in [2.45, 2.75) is 96.1 Å². The molecule has 158 valence electrons. The Bertz CT molecular complexity index is 641. The highest BCUT2D eigenvalue weighted by Gasteiger charge is 2.46. The summed E-state index contributed by atoms with van der Waals surface area (Å²) in [5, 5.41) is 29.8. The molecule has 5 atom stereocenters. The first kappa shape index (κ1) is 21.8. The van der Waals surface area contributed by atoms with E-state index in [1.807, 2.05) is 13.8 Å². The van der Waals surface area contributed by atoms with Crippen molar-refractivity contribution in [3.8, 4) is 0 Å². The molecule has 3 saturated carbocycles. The molecule has 0 bridgehead atoms. The fraction of sp³-hybridized carbons (Fsp3) is 0.750. The molecule has 3 aliphatic rings. The van der Waals surface area contributed by atoms with Crippen LogP contribution in [0.3, 0.4) is 0 Å². The second-order valence-electron chi connectivity index (χ2n) is 10.2. The van der Waals surface area contributed by atoms with Crippen LogP contribution in [0.5, 0.6) is 0 Å². The predicted molar refractivity (Wildman–Crippen MR) is 112 cm³/mol. The molecule has 0 aliphatic heterocycles. The first-order valence-corrected chi connectivity index (χ1v) is 10.8. The normalized spacial score (nSPS) is 39.6. The minimum atomic E-state index is -0.664. The summed E-state index contributed by atoms with van der Waals surface area (Å²) in [6.07, 6.45) is 10.7. The molecule has 0 heterocycles. The van der Waals surface area contributed by atoms with Gasteiger partial charge in [0.15, 0.2) is 0 Å². The van der Waals surface area contributed by atoms with Crippen molar-refractivity contribution in [3.05, 3.63) is 35.5 Å². The van der Waals surface area contributed by atoms with Gasteiger partial charge in [-0.1, -0.05) is 31.2 Å². The van der Waals surface area contributed by atoms with E-state index >= 15 is 0 Å². The summed E-state index contributed by atoms with van der Waals surface area (Å²) >= 11 is 0. The first-order valence-electron chi connectivity index (χ1n) is 10.8. The highest BCUT2D eigenvalue weighted by molar-refractivity contribution is 5.38. The standard InChI is InChI=1S/C24H38O4/c1-16-18(11-20(25)13-22(16)26)7-5-17-6-8-19-12-21(15-24(19,4)14-17)28-10-9-23(2,3)27/h5,7,19-22,25-27H,1,6,8-15H2,2-4H3/b17-5+,18-7-/t19?,20-,21-,22+,24+/m1/s1. The third-order valence-corrected chi connectivity index (χ3v) is 7.03. The molecule has 0 amide bonds. The van der Waals surface area contributed by atoms with Gasteiger partial charge in [0.25, 0.3) is 0 Å². The lowest BCUT2D eigenvalue weighted by Gasteiger charge is -2.37. The number of rotatable bonds is 5. The monoisotopic (exact) mass is 390 g/mol. The molecule has 28 heavy (non-hydrogen) atoms. The average molecular weight is 391 g/mol. The fourth-order valence-corrected chi connectivity index (χ4v) is 5.24. The molecule has 3 aliphatic carbocycles. The Balaban J connectivity index is 1.59. The summed E-state index contributed by atoms with van der Waals surface area (Å²) < 4.78 is 6.11. The van der Waals surface area contributed by atoms with E-state index in [1.54, 1.807) is 0 Å². The topological polar surface area (TPSA) is 69.9 Å². The molecule has 0 saturated heterocycles. The zero-order valence-corrected chi connectivity index (χ0v) is 17.8. The summed E-state index contributed by atoms with van der Waals surface area (Å²) in [5.74, 6) is 0.706. The molecular formula is C24H38O4. The quantitative estimate of drug-likeness (QED) is 0.662. The molecule has 0 aromatic rings. The van der Waals surface area contributed by atoms with Crippen molar-refractivity contribution < 1.29 is 20.1 Å². The minimum absolute atomic E-state index is 0.282. The predicted octanol–water partition coefficient (Wildman–Crippen LogP) is 4.06. The van der Waals surface area contributed by atoms with E-state index in [2.05, 4.69) is 25.7 Å². The van der Waals surface area contributed by atoms with E-state index in [9.17, 15) is 15.3 Å². The van der Waals surface area contributed by atoms with Gasteiger partial charge >= 0.3 is 0 Å². The molecule has 0 spiro atoms. The molecule has 3 fully saturated rings. The van der Waals surface area contributed by atoms with Crippen LogP contribution in [0.4, 0.5) is 0 Å². The molecule has 4 nitrogen and oxygen atoms in total. The SMILES string of the molecule is C=C1/C(=C\C=C2/CCC3C[C@@H](OCCC(C)(C)O)C[C@]3(C)C2)C[C@@H](O)C[C@@H]1O. The Labute approximate surface area is 170 Å². The van der Waals surface area contributed by atoms with E-state index in [4.69, 9.17) is 4.74 Å². The van der Waals surface area contributed by atoms with Crippen molar-refractivity contribution in [3.63, 3.8) is 0 Å².